The van der Waals surface area contributed by atoms with Gasteiger partial charge in [-0.05, 0) is 43.3 Å². The number of aromatic nitrogens is 3. The maximum atomic E-state index is 12.4. The van der Waals surface area contributed by atoms with Crippen LogP contribution in [-0.4, -0.2) is 27.6 Å². The Morgan fingerprint density at radius 1 is 1.32 bits per heavy atom. The topological polar surface area (TPSA) is 71.0 Å². The molecular weight excluding hydrogens is 354 g/mol. The van der Waals surface area contributed by atoms with Crippen molar-refractivity contribution >= 4 is 40.2 Å². The number of thiazole rings is 1. The molecule has 0 saturated heterocycles. The Labute approximate surface area is 153 Å². The Kier molecular flexibility index (Phi) is 4.46. The molecule has 8 heteroatoms. The molecule has 0 radical (unpaired) electrons. The highest BCUT2D eigenvalue weighted by Crippen LogP contribution is 2.35. The van der Waals surface area contributed by atoms with E-state index >= 15 is 0 Å². The molecule has 128 valence electrons. The van der Waals surface area contributed by atoms with Gasteiger partial charge in [0.25, 0.3) is 5.91 Å². The van der Waals surface area contributed by atoms with Gasteiger partial charge in [-0.3, -0.25) is 4.79 Å². The highest BCUT2D eigenvalue weighted by Gasteiger charge is 2.26. The molecule has 0 spiro atoms. The minimum absolute atomic E-state index is 0.122. The van der Waals surface area contributed by atoms with Crippen LogP contribution in [-0.2, 0) is 13.0 Å². The molecule has 25 heavy (non-hydrogen) atoms. The number of fused-ring (bicyclic) bond motifs is 1. The SMILES string of the molecule is Cc1ccc(N2CCCc3sc(C(=O)NCc4cccs4)nc32)nn1. The van der Waals surface area contributed by atoms with Crippen molar-refractivity contribution < 1.29 is 4.79 Å². The van der Waals surface area contributed by atoms with Gasteiger partial charge in [0, 0.05) is 16.3 Å². The third-order valence-electron chi connectivity index (χ3n) is 3.98. The van der Waals surface area contributed by atoms with Gasteiger partial charge in [-0.25, -0.2) is 4.98 Å². The molecule has 1 aliphatic heterocycles. The van der Waals surface area contributed by atoms with Gasteiger partial charge in [0.05, 0.1) is 12.2 Å². The van der Waals surface area contributed by atoms with Crippen LogP contribution in [0.4, 0.5) is 11.6 Å². The predicted molar refractivity (Wildman–Crippen MR) is 99.7 cm³/mol. The highest BCUT2D eigenvalue weighted by molar-refractivity contribution is 7.14. The van der Waals surface area contributed by atoms with Crippen LogP contribution in [0.3, 0.4) is 0 Å². The summed E-state index contributed by atoms with van der Waals surface area (Å²) in [5, 5.41) is 13.9. The van der Waals surface area contributed by atoms with Crippen LogP contribution in [0.15, 0.2) is 29.6 Å². The van der Waals surface area contributed by atoms with Gasteiger partial charge in [0.2, 0.25) is 0 Å². The fourth-order valence-electron chi connectivity index (χ4n) is 2.73. The summed E-state index contributed by atoms with van der Waals surface area (Å²) in [6.45, 7) is 3.29. The van der Waals surface area contributed by atoms with Crippen molar-refractivity contribution in [3.8, 4) is 0 Å². The zero-order valence-corrected chi connectivity index (χ0v) is 15.4. The summed E-state index contributed by atoms with van der Waals surface area (Å²) in [5.41, 5.74) is 0.882. The van der Waals surface area contributed by atoms with Crippen LogP contribution < -0.4 is 10.2 Å². The molecule has 3 aromatic rings. The summed E-state index contributed by atoms with van der Waals surface area (Å²) in [6, 6.07) is 7.88. The smallest absolute Gasteiger partial charge is 0.280 e. The van der Waals surface area contributed by atoms with Gasteiger partial charge in [-0.2, -0.15) is 5.10 Å². The molecule has 1 aliphatic rings. The van der Waals surface area contributed by atoms with Crippen LogP contribution in [0.2, 0.25) is 0 Å². The van der Waals surface area contributed by atoms with E-state index < -0.39 is 0 Å². The Hall–Kier alpha value is -2.32. The quantitative estimate of drug-likeness (QED) is 0.762. The van der Waals surface area contributed by atoms with Gasteiger partial charge in [0.15, 0.2) is 10.8 Å². The van der Waals surface area contributed by atoms with Crippen molar-refractivity contribution in [3.63, 3.8) is 0 Å². The first kappa shape index (κ1) is 16.2. The number of anilines is 2. The van der Waals surface area contributed by atoms with Crippen LogP contribution >= 0.6 is 22.7 Å². The van der Waals surface area contributed by atoms with Crippen molar-refractivity contribution in [2.45, 2.75) is 26.3 Å². The molecule has 0 atom stereocenters. The van der Waals surface area contributed by atoms with Crippen molar-refractivity contribution in [2.75, 3.05) is 11.4 Å². The Morgan fingerprint density at radius 3 is 3.00 bits per heavy atom. The van der Waals surface area contributed by atoms with E-state index in [4.69, 9.17) is 0 Å². The molecule has 0 bridgehead atoms. The lowest BCUT2D eigenvalue weighted by Gasteiger charge is -2.25. The second kappa shape index (κ2) is 6.89. The van der Waals surface area contributed by atoms with Crippen molar-refractivity contribution in [1.82, 2.24) is 20.5 Å². The van der Waals surface area contributed by atoms with E-state index in [0.29, 0.717) is 11.6 Å². The normalized spacial score (nSPS) is 13.6. The van der Waals surface area contributed by atoms with E-state index in [2.05, 4.69) is 25.4 Å². The van der Waals surface area contributed by atoms with Crippen molar-refractivity contribution in [3.05, 3.63) is 50.1 Å². The number of hydrogen-bond donors (Lipinski definition) is 1. The Bertz CT molecular complexity index is 873. The number of aryl methyl sites for hydroxylation is 2. The van der Waals surface area contributed by atoms with E-state index in [1.165, 1.54) is 11.3 Å². The van der Waals surface area contributed by atoms with Gasteiger partial charge in [-0.15, -0.1) is 27.8 Å². The third kappa shape index (κ3) is 3.40. The lowest BCUT2D eigenvalue weighted by atomic mass is 10.2. The molecule has 1 amide bonds. The number of carbonyl (C=O) groups excluding carboxylic acids is 1. The summed E-state index contributed by atoms with van der Waals surface area (Å²) in [7, 11) is 0. The molecule has 0 saturated carbocycles. The minimum atomic E-state index is -0.122. The van der Waals surface area contributed by atoms with Crippen molar-refractivity contribution in [2.24, 2.45) is 0 Å². The van der Waals surface area contributed by atoms with Crippen LogP contribution in [0, 0.1) is 6.92 Å². The molecule has 1 N–H and O–H groups in total. The lowest BCUT2D eigenvalue weighted by Crippen LogP contribution is -2.26. The number of rotatable bonds is 4. The summed E-state index contributed by atoms with van der Waals surface area (Å²) < 4.78 is 0. The summed E-state index contributed by atoms with van der Waals surface area (Å²) in [6.07, 6.45) is 1.96. The average molecular weight is 371 g/mol. The van der Waals surface area contributed by atoms with E-state index in [9.17, 15) is 4.79 Å². The number of thiophene rings is 1. The average Bonchev–Trinajstić information content (AvgIpc) is 3.29. The predicted octanol–water partition coefficient (Wildman–Crippen LogP) is 3.32. The first-order valence-corrected chi connectivity index (χ1v) is 9.78. The molecule has 4 rings (SSSR count). The number of nitrogens with one attached hydrogen (secondary N) is 1. The number of hydrogen-bond acceptors (Lipinski definition) is 7. The van der Waals surface area contributed by atoms with Crippen LogP contribution in [0.25, 0.3) is 0 Å². The highest BCUT2D eigenvalue weighted by atomic mass is 32.1. The molecule has 0 fully saturated rings. The third-order valence-corrected chi connectivity index (χ3v) is 5.96. The number of amides is 1. The maximum absolute atomic E-state index is 12.4. The maximum Gasteiger partial charge on any atom is 0.280 e. The minimum Gasteiger partial charge on any atom is -0.345 e. The molecule has 3 aromatic heterocycles. The lowest BCUT2D eigenvalue weighted by molar-refractivity contribution is 0.0951. The second-order valence-electron chi connectivity index (χ2n) is 5.82. The van der Waals surface area contributed by atoms with Gasteiger partial charge >= 0.3 is 0 Å². The van der Waals surface area contributed by atoms with E-state index in [-0.39, 0.29) is 5.91 Å². The fourth-order valence-corrected chi connectivity index (χ4v) is 4.40. The van der Waals surface area contributed by atoms with Gasteiger partial charge < -0.3 is 10.2 Å². The standard InChI is InChI=1S/C17H17N5OS2/c1-11-6-7-14(21-20-11)22-8-2-5-13-15(22)19-17(25-13)16(23)18-10-12-4-3-9-24-12/h3-4,6-7,9H,2,5,8,10H2,1H3,(H,18,23). The Morgan fingerprint density at radius 2 is 2.24 bits per heavy atom. The number of carbonyl (C=O) groups is 1. The molecule has 4 heterocycles. The molecule has 0 unspecified atom stereocenters. The zero-order valence-electron chi connectivity index (χ0n) is 13.7. The molecule has 6 nitrogen and oxygen atoms in total. The first-order valence-electron chi connectivity index (χ1n) is 8.09. The summed E-state index contributed by atoms with van der Waals surface area (Å²) in [4.78, 5) is 21.4. The van der Waals surface area contributed by atoms with Crippen molar-refractivity contribution in [1.29, 1.82) is 0 Å². The largest absolute Gasteiger partial charge is 0.345 e. The van der Waals surface area contributed by atoms with E-state index in [1.807, 2.05) is 36.6 Å². The molecular formula is C17H17N5OS2. The molecule has 0 aliphatic carbocycles. The van der Waals surface area contributed by atoms with Gasteiger partial charge in [-0.1, -0.05) is 6.07 Å². The zero-order chi connectivity index (χ0) is 17.2. The second-order valence-corrected chi connectivity index (χ2v) is 7.93. The summed E-state index contributed by atoms with van der Waals surface area (Å²) >= 11 is 3.10. The number of nitrogens with zero attached hydrogens (tertiary/aromatic N) is 4. The first-order chi connectivity index (χ1) is 12.2. The molecule has 0 aromatic carbocycles. The van der Waals surface area contributed by atoms with E-state index in [0.717, 1.165) is 46.5 Å². The Balaban J connectivity index is 1.54. The monoisotopic (exact) mass is 371 g/mol. The van der Waals surface area contributed by atoms with Gasteiger partial charge in [0.1, 0.15) is 5.82 Å². The summed E-state index contributed by atoms with van der Waals surface area (Å²) in [5.74, 6) is 1.50. The fraction of sp³-hybridized carbons (Fsp3) is 0.294. The van der Waals surface area contributed by atoms with Crippen LogP contribution in [0.1, 0.15) is 31.7 Å². The van der Waals surface area contributed by atoms with Crippen LogP contribution in [0.5, 0.6) is 0 Å². The van der Waals surface area contributed by atoms with E-state index in [1.54, 1.807) is 11.3 Å².